The Bertz CT molecular complexity index is 672. The second-order valence-corrected chi connectivity index (χ2v) is 4.79. The zero-order valence-corrected chi connectivity index (χ0v) is 12.9. The van der Waals surface area contributed by atoms with E-state index in [1.165, 1.54) is 0 Å². The summed E-state index contributed by atoms with van der Waals surface area (Å²) in [5.41, 5.74) is 0.366. The second kappa shape index (κ2) is 7.93. The van der Waals surface area contributed by atoms with Gasteiger partial charge in [-0.3, -0.25) is 14.4 Å². The number of hydrogen-bond acceptors (Lipinski definition) is 5. The van der Waals surface area contributed by atoms with E-state index in [0.29, 0.717) is 17.8 Å². The van der Waals surface area contributed by atoms with Gasteiger partial charge in [-0.15, -0.1) is 0 Å². The number of nitriles is 1. The SMILES string of the molecule is CCCNC(=O)CNC(=O)Cn1nc(C)c(C)c(C#N)c1=O. The number of aryl methyl sites for hydroxylation is 1. The molecule has 1 aromatic rings. The van der Waals surface area contributed by atoms with Crippen molar-refractivity contribution in [3.63, 3.8) is 0 Å². The van der Waals surface area contributed by atoms with E-state index in [9.17, 15) is 14.4 Å². The molecule has 8 heteroatoms. The van der Waals surface area contributed by atoms with Gasteiger partial charge in [0, 0.05) is 6.54 Å². The smallest absolute Gasteiger partial charge is 0.285 e. The van der Waals surface area contributed by atoms with Gasteiger partial charge in [0.1, 0.15) is 18.2 Å². The summed E-state index contributed by atoms with van der Waals surface area (Å²) in [4.78, 5) is 35.1. The number of aromatic nitrogens is 2. The molecule has 0 aliphatic heterocycles. The van der Waals surface area contributed by atoms with E-state index < -0.39 is 11.5 Å². The van der Waals surface area contributed by atoms with Gasteiger partial charge in [0.2, 0.25) is 11.8 Å². The fourth-order valence-electron chi connectivity index (χ4n) is 1.71. The van der Waals surface area contributed by atoms with Gasteiger partial charge in [-0.05, 0) is 25.8 Å². The summed E-state index contributed by atoms with van der Waals surface area (Å²) >= 11 is 0. The Kier molecular flexibility index (Phi) is 6.25. The van der Waals surface area contributed by atoms with Crippen LogP contribution < -0.4 is 16.2 Å². The Morgan fingerprint density at radius 3 is 2.55 bits per heavy atom. The molecule has 2 N–H and O–H groups in total. The van der Waals surface area contributed by atoms with Crippen LogP contribution in [0.1, 0.15) is 30.2 Å². The highest BCUT2D eigenvalue weighted by atomic mass is 16.2. The van der Waals surface area contributed by atoms with Gasteiger partial charge in [0.15, 0.2) is 0 Å². The maximum absolute atomic E-state index is 12.0. The Morgan fingerprint density at radius 2 is 1.95 bits per heavy atom. The highest BCUT2D eigenvalue weighted by molar-refractivity contribution is 5.84. The summed E-state index contributed by atoms with van der Waals surface area (Å²) in [5.74, 6) is -0.818. The first-order valence-corrected chi connectivity index (χ1v) is 6.92. The molecule has 0 fully saturated rings. The lowest BCUT2D eigenvalue weighted by Gasteiger charge is -2.09. The minimum Gasteiger partial charge on any atom is -0.355 e. The summed E-state index contributed by atoms with van der Waals surface area (Å²) < 4.78 is 0.931. The van der Waals surface area contributed by atoms with Crippen molar-refractivity contribution in [2.24, 2.45) is 0 Å². The number of nitrogens with zero attached hydrogens (tertiary/aromatic N) is 3. The van der Waals surface area contributed by atoms with Crippen LogP contribution in [0.3, 0.4) is 0 Å². The molecular formula is C14H19N5O3. The van der Waals surface area contributed by atoms with Crippen LogP contribution in [-0.4, -0.2) is 34.7 Å². The Morgan fingerprint density at radius 1 is 1.27 bits per heavy atom. The molecule has 0 aromatic carbocycles. The molecule has 22 heavy (non-hydrogen) atoms. The monoisotopic (exact) mass is 305 g/mol. The number of rotatable bonds is 6. The van der Waals surface area contributed by atoms with Crippen LogP contribution in [0.25, 0.3) is 0 Å². The molecule has 0 atom stereocenters. The maximum atomic E-state index is 12.0. The third-order valence-corrected chi connectivity index (χ3v) is 3.06. The molecule has 1 heterocycles. The van der Waals surface area contributed by atoms with Crippen molar-refractivity contribution in [2.45, 2.75) is 33.7 Å². The third-order valence-electron chi connectivity index (χ3n) is 3.06. The molecule has 8 nitrogen and oxygen atoms in total. The second-order valence-electron chi connectivity index (χ2n) is 4.79. The molecule has 0 spiro atoms. The molecule has 0 bridgehead atoms. The van der Waals surface area contributed by atoms with Crippen LogP contribution in [0.15, 0.2) is 4.79 Å². The van der Waals surface area contributed by atoms with Crippen molar-refractivity contribution >= 4 is 11.8 Å². The van der Waals surface area contributed by atoms with E-state index in [1.807, 2.05) is 13.0 Å². The summed E-state index contributed by atoms with van der Waals surface area (Å²) in [6.07, 6.45) is 0.804. The normalized spacial score (nSPS) is 9.91. The molecule has 0 radical (unpaired) electrons. The molecule has 1 rings (SSSR count). The average molecular weight is 305 g/mol. The first-order valence-electron chi connectivity index (χ1n) is 6.92. The maximum Gasteiger partial charge on any atom is 0.285 e. The topological polar surface area (TPSA) is 117 Å². The van der Waals surface area contributed by atoms with Gasteiger partial charge in [-0.25, -0.2) is 4.68 Å². The molecular weight excluding hydrogens is 286 g/mol. The third kappa shape index (κ3) is 4.41. The zero-order chi connectivity index (χ0) is 16.7. The van der Waals surface area contributed by atoms with Crippen molar-refractivity contribution in [2.75, 3.05) is 13.1 Å². The van der Waals surface area contributed by atoms with Crippen LogP contribution in [0.5, 0.6) is 0 Å². The van der Waals surface area contributed by atoms with Gasteiger partial charge in [0.05, 0.1) is 12.2 Å². The van der Waals surface area contributed by atoms with Gasteiger partial charge in [0.25, 0.3) is 5.56 Å². The molecule has 0 unspecified atom stereocenters. The highest BCUT2D eigenvalue weighted by Crippen LogP contribution is 2.04. The summed E-state index contributed by atoms with van der Waals surface area (Å²) in [6, 6.07) is 1.82. The molecule has 0 saturated heterocycles. The van der Waals surface area contributed by atoms with E-state index in [0.717, 1.165) is 11.1 Å². The number of hydrogen-bond donors (Lipinski definition) is 2. The van der Waals surface area contributed by atoms with E-state index >= 15 is 0 Å². The summed E-state index contributed by atoms with van der Waals surface area (Å²) in [7, 11) is 0. The first kappa shape index (κ1) is 17.4. The van der Waals surface area contributed by atoms with E-state index in [2.05, 4.69) is 15.7 Å². The van der Waals surface area contributed by atoms with Gasteiger partial charge in [-0.2, -0.15) is 10.4 Å². The summed E-state index contributed by atoms with van der Waals surface area (Å²) in [5, 5.41) is 18.0. The fourth-order valence-corrected chi connectivity index (χ4v) is 1.71. The Balaban J connectivity index is 2.74. The predicted molar refractivity (Wildman–Crippen MR) is 79.0 cm³/mol. The number of carbonyl (C=O) groups is 2. The largest absolute Gasteiger partial charge is 0.355 e. The van der Waals surface area contributed by atoms with E-state index in [-0.39, 0.29) is 24.6 Å². The van der Waals surface area contributed by atoms with Crippen molar-refractivity contribution < 1.29 is 9.59 Å². The van der Waals surface area contributed by atoms with Crippen molar-refractivity contribution in [1.29, 1.82) is 5.26 Å². The Labute approximate surface area is 128 Å². The molecule has 0 aliphatic carbocycles. The van der Waals surface area contributed by atoms with Gasteiger partial charge >= 0.3 is 0 Å². The van der Waals surface area contributed by atoms with Crippen LogP contribution in [0.2, 0.25) is 0 Å². The molecule has 0 saturated carbocycles. The fraction of sp³-hybridized carbons (Fsp3) is 0.500. The van der Waals surface area contributed by atoms with Crippen LogP contribution >= 0.6 is 0 Å². The zero-order valence-electron chi connectivity index (χ0n) is 12.9. The van der Waals surface area contributed by atoms with Crippen LogP contribution in [0, 0.1) is 25.2 Å². The number of nitrogens with one attached hydrogen (secondary N) is 2. The van der Waals surface area contributed by atoms with Gasteiger partial charge < -0.3 is 10.6 Å². The van der Waals surface area contributed by atoms with Crippen molar-refractivity contribution in [1.82, 2.24) is 20.4 Å². The van der Waals surface area contributed by atoms with Crippen LogP contribution in [-0.2, 0) is 16.1 Å². The van der Waals surface area contributed by atoms with E-state index in [1.54, 1.807) is 13.8 Å². The predicted octanol–water partition coefficient (Wildman–Crippen LogP) is -0.626. The minimum atomic E-state index is -0.615. The highest BCUT2D eigenvalue weighted by Gasteiger charge is 2.14. The van der Waals surface area contributed by atoms with Crippen molar-refractivity contribution in [3.05, 3.63) is 27.2 Å². The molecule has 1 aromatic heterocycles. The van der Waals surface area contributed by atoms with Gasteiger partial charge in [-0.1, -0.05) is 6.92 Å². The van der Waals surface area contributed by atoms with Crippen LogP contribution in [0.4, 0.5) is 0 Å². The Hall–Kier alpha value is -2.69. The van der Waals surface area contributed by atoms with Crippen molar-refractivity contribution in [3.8, 4) is 6.07 Å². The minimum absolute atomic E-state index is 0.0269. The standard InChI is InChI=1S/C14H19N5O3/c1-4-5-16-12(20)7-17-13(21)8-19-14(22)11(6-15)9(2)10(3)18-19/h4-5,7-8H2,1-3H3,(H,16,20)(H,17,21). The average Bonchev–Trinajstić information content (AvgIpc) is 2.49. The lowest BCUT2D eigenvalue weighted by molar-refractivity contribution is -0.126. The molecule has 118 valence electrons. The quantitative estimate of drug-likeness (QED) is 0.726. The summed E-state index contributed by atoms with van der Waals surface area (Å²) in [6.45, 7) is 5.24. The number of amides is 2. The molecule has 0 aliphatic rings. The molecule has 2 amide bonds. The first-order chi connectivity index (χ1) is 10.4. The lowest BCUT2D eigenvalue weighted by Crippen LogP contribution is -2.40. The lowest BCUT2D eigenvalue weighted by atomic mass is 10.1. The number of carbonyl (C=O) groups excluding carboxylic acids is 2. The van der Waals surface area contributed by atoms with E-state index in [4.69, 9.17) is 5.26 Å².